The SMILES string of the molecule is COc1cc(N(C)Cc2cn3ccsc3n2)cc(OC)c1OC. The molecule has 0 saturated heterocycles. The van der Waals surface area contributed by atoms with Crippen LogP contribution in [0, 0.1) is 0 Å². The first-order valence-electron chi connectivity index (χ1n) is 7.08. The van der Waals surface area contributed by atoms with Crippen molar-refractivity contribution in [2.24, 2.45) is 0 Å². The summed E-state index contributed by atoms with van der Waals surface area (Å²) >= 11 is 1.62. The lowest BCUT2D eigenvalue weighted by molar-refractivity contribution is 0.324. The molecule has 122 valence electrons. The van der Waals surface area contributed by atoms with E-state index in [1.54, 1.807) is 32.7 Å². The zero-order valence-electron chi connectivity index (χ0n) is 13.6. The predicted octanol–water partition coefficient (Wildman–Crippen LogP) is 3.06. The van der Waals surface area contributed by atoms with Gasteiger partial charge >= 0.3 is 0 Å². The van der Waals surface area contributed by atoms with Gasteiger partial charge < -0.3 is 19.1 Å². The Labute approximate surface area is 138 Å². The third-order valence-corrected chi connectivity index (χ3v) is 4.40. The molecule has 7 heteroatoms. The minimum Gasteiger partial charge on any atom is -0.493 e. The largest absolute Gasteiger partial charge is 0.493 e. The van der Waals surface area contributed by atoms with E-state index in [9.17, 15) is 0 Å². The first-order valence-corrected chi connectivity index (χ1v) is 7.96. The van der Waals surface area contributed by atoms with E-state index < -0.39 is 0 Å². The summed E-state index contributed by atoms with van der Waals surface area (Å²) in [5.41, 5.74) is 1.98. The minimum atomic E-state index is 0.592. The first kappa shape index (κ1) is 15.5. The van der Waals surface area contributed by atoms with Crippen molar-refractivity contribution < 1.29 is 14.2 Å². The highest BCUT2D eigenvalue weighted by Crippen LogP contribution is 2.41. The summed E-state index contributed by atoms with van der Waals surface area (Å²) in [5, 5.41) is 2.02. The molecule has 0 aliphatic heterocycles. The average Bonchev–Trinajstić information content (AvgIpc) is 3.14. The van der Waals surface area contributed by atoms with E-state index in [-0.39, 0.29) is 0 Å². The summed E-state index contributed by atoms with van der Waals surface area (Å²) in [5.74, 6) is 1.87. The van der Waals surface area contributed by atoms with E-state index in [2.05, 4.69) is 9.88 Å². The van der Waals surface area contributed by atoms with Crippen LogP contribution in [0.2, 0.25) is 0 Å². The van der Waals surface area contributed by atoms with Crippen LogP contribution in [0.1, 0.15) is 5.69 Å². The Morgan fingerprint density at radius 1 is 1.13 bits per heavy atom. The number of hydrogen-bond acceptors (Lipinski definition) is 6. The summed E-state index contributed by atoms with van der Waals surface area (Å²) in [6, 6.07) is 3.86. The molecule has 0 spiro atoms. The molecule has 0 fully saturated rings. The Hall–Kier alpha value is -2.41. The van der Waals surface area contributed by atoms with E-state index in [1.807, 2.05) is 41.4 Å². The van der Waals surface area contributed by atoms with Crippen LogP contribution in [0.4, 0.5) is 5.69 Å². The molecule has 0 radical (unpaired) electrons. The van der Waals surface area contributed by atoms with Crippen molar-refractivity contribution >= 4 is 22.0 Å². The van der Waals surface area contributed by atoms with Gasteiger partial charge in [-0.2, -0.15) is 0 Å². The van der Waals surface area contributed by atoms with Gasteiger partial charge in [-0.15, -0.1) is 11.3 Å². The number of hydrogen-bond donors (Lipinski definition) is 0. The van der Waals surface area contributed by atoms with Gasteiger partial charge in [0.05, 0.1) is 33.6 Å². The number of ether oxygens (including phenoxy) is 3. The van der Waals surface area contributed by atoms with E-state index in [0.717, 1.165) is 16.3 Å². The van der Waals surface area contributed by atoms with Gasteiger partial charge in [-0.25, -0.2) is 4.98 Å². The van der Waals surface area contributed by atoms with E-state index in [0.29, 0.717) is 23.8 Å². The van der Waals surface area contributed by atoms with Crippen LogP contribution in [0.25, 0.3) is 4.96 Å². The number of nitrogens with zero attached hydrogens (tertiary/aromatic N) is 3. The molecule has 2 heterocycles. The number of rotatable bonds is 6. The number of fused-ring (bicyclic) bond motifs is 1. The van der Waals surface area contributed by atoms with E-state index in [1.165, 1.54) is 0 Å². The van der Waals surface area contributed by atoms with Crippen molar-refractivity contribution in [2.45, 2.75) is 6.54 Å². The van der Waals surface area contributed by atoms with Crippen molar-refractivity contribution in [3.63, 3.8) is 0 Å². The summed E-state index contributed by atoms with van der Waals surface area (Å²) in [6.07, 6.45) is 4.05. The molecule has 1 aromatic carbocycles. The summed E-state index contributed by atoms with van der Waals surface area (Å²) in [6.45, 7) is 0.688. The lowest BCUT2D eigenvalue weighted by Gasteiger charge is -2.21. The zero-order chi connectivity index (χ0) is 16.4. The molecule has 0 atom stereocenters. The summed E-state index contributed by atoms with van der Waals surface area (Å²) in [4.78, 5) is 7.70. The standard InChI is InChI=1S/C16H19N3O3S/c1-18(9-11-10-19-5-6-23-16(19)17-11)12-7-13(20-2)15(22-4)14(8-12)21-3/h5-8,10H,9H2,1-4H3. The number of benzene rings is 1. The second kappa shape index (κ2) is 6.37. The maximum absolute atomic E-state index is 5.41. The number of thiazole rings is 1. The Morgan fingerprint density at radius 3 is 2.39 bits per heavy atom. The molecule has 3 aromatic rings. The maximum atomic E-state index is 5.41. The lowest BCUT2D eigenvalue weighted by Crippen LogP contribution is -2.17. The molecular formula is C16H19N3O3S. The Balaban J connectivity index is 1.88. The second-order valence-corrected chi connectivity index (χ2v) is 5.94. The van der Waals surface area contributed by atoms with Gasteiger partial charge in [-0.1, -0.05) is 0 Å². The van der Waals surface area contributed by atoms with E-state index >= 15 is 0 Å². The molecule has 0 amide bonds. The van der Waals surface area contributed by atoms with Gasteiger partial charge in [-0.3, -0.25) is 4.40 Å². The van der Waals surface area contributed by atoms with Gasteiger partial charge in [-0.05, 0) is 0 Å². The van der Waals surface area contributed by atoms with Crippen LogP contribution < -0.4 is 19.1 Å². The molecule has 0 aliphatic rings. The number of imidazole rings is 1. The van der Waals surface area contributed by atoms with Gasteiger partial charge in [0, 0.05) is 42.6 Å². The van der Waals surface area contributed by atoms with Gasteiger partial charge in [0.15, 0.2) is 16.5 Å². The molecule has 0 N–H and O–H groups in total. The fourth-order valence-corrected chi connectivity index (χ4v) is 3.19. The predicted molar refractivity (Wildman–Crippen MR) is 91.3 cm³/mol. The van der Waals surface area contributed by atoms with Gasteiger partial charge in [0.25, 0.3) is 0 Å². The normalized spacial score (nSPS) is 10.8. The van der Waals surface area contributed by atoms with Gasteiger partial charge in [0.2, 0.25) is 5.75 Å². The second-order valence-electron chi connectivity index (χ2n) is 5.06. The molecule has 3 rings (SSSR count). The molecule has 2 aromatic heterocycles. The average molecular weight is 333 g/mol. The molecule has 6 nitrogen and oxygen atoms in total. The Morgan fingerprint density at radius 2 is 1.83 bits per heavy atom. The summed E-state index contributed by atoms with van der Waals surface area (Å²) in [7, 11) is 6.84. The zero-order valence-corrected chi connectivity index (χ0v) is 14.4. The molecule has 0 aliphatic carbocycles. The Bertz CT molecular complexity index is 758. The third-order valence-electron chi connectivity index (χ3n) is 3.63. The quantitative estimate of drug-likeness (QED) is 0.694. The molecule has 0 bridgehead atoms. The number of anilines is 1. The Kier molecular flexibility index (Phi) is 4.29. The highest BCUT2D eigenvalue weighted by atomic mass is 32.1. The number of aromatic nitrogens is 2. The number of methoxy groups -OCH3 is 3. The van der Waals surface area contributed by atoms with Gasteiger partial charge in [0.1, 0.15) is 0 Å². The van der Waals surface area contributed by atoms with Crippen LogP contribution in [0.3, 0.4) is 0 Å². The van der Waals surface area contributed by atoms with Crippen LogP contribution in [0.5, 0.6) is 17.2 Å². The fourth-order valence-electron chi connectivity index (χ4n) is 2.47. The topological polar surface area (TPSA) is 48.2 Å². The lowest BCUT2D eigenvalue weighted by atomic mass is 10.2. The van der Waals surface area contributed by atoms with Crippen molar-refractivity contribution in [1.82, 2.24) is 9.38 Å². The minimum absolute atomic E-state index is 0.592. The monoisotopic (exact) mass is 333 g/mol. The molecule has 0 saturated carbocycles. The van der Waals surface area contributed by atoms with Crippen molar-refractivity contribution in [3.8, 4) is 17.2 Å². The van der Waals surface area contributed by atoms with Crippen molar-refractivity contribution in [2.75, 3.05) is 33.3 Å². The van der Waals surface area contributed by atoms with E-state index in [4.69, 9.17) is 14.2 Å². The van der Waals surface area contributed by atoms with Crippen molar-refractivity contribution in [3.05, 3.63) is 35.6 Å². The highest BCUT2D eigenvalue weighted by Gasteiger charge is 2.16. The third kappa shape index (κ3) is 2.92. The van der Waals surface area contributed by atoms with Crippen molar-refractivity contribution in [1.29, 1.82) is 0 Å². The smallest absolute Gasteiger partial charge is 0.203 e. The van der Waals surface area contributed by atoms with Crippen LogP contribution in [-0.2, 0) is 6.54 Å². The molecule has 0 unspecified atom stereocenters. The fraction of sp³-hybridized carbons (Fsp3) is 0.312. The maximum Gasteiger partial charge on any atom is 0.203 e. The molecular weight excluding hydrogens is 314 g/mol. The first-order chi connectivity index (χ1) is 11.2. The highest BCUT2D eigenvalue weighted by molar-refractivity contribution is 7.15. The van der Waals surface area contributed by atoms with Crippen LogP contribution >= 0.6 is 11.3 Å². The van der Waals surface area contributed by atoms with Crippen LogP contribution in [0.15, 0.2) is 29.9 Å². The summed E-state index contributed by atoms with van der Waals surface area (Å²) < 4.78 is 18.2. The van der Waals surface area contributed by atoms with Crippen LogP contribution in [-0.4, -0.2) is 37.8 Å². The molecule has 23 heavy (non-hydrogen) atoms.